The van der Waals surface area contributed by atoms with Gasteiger partial charge in [0.25, 0.3) is 0 Å². The van der Waals surface area contributed by atoms with Gasteiger partial charge in [-0.3, -0.25) is 9.59 Å². The number of nitrogens with zero attached hydrogens (tertiary/aromatic N) is 1. The highest BCUT2D eigenvalue weighted by atomic mass is 16.5. The zero-order valence-corrected chi connectivity index (χ0v) is 10.6. The number of aliphatic hydroxyl groups excluding tert-OH is 1. The van der Waals surface area contributed by atoms with E-state index in [9.17, 15) is 9.59 Å². The summed E-state index contributed by atoms with van der Waals surface area (Å²) >= 11 is 0. The molecule has 1 heterocycles. The fourth-order valence-corrected chi connectivity index (χ4v) is 2.07. The van der Waals surface area contributed by atoms with E-state index in [2.05, 4.69) is 0 Å². The average Bonchev–Trinajstić information content (AvgIpc) is 2.24. The van der Waals surface area contributed by atoms with Crippen LogP contribution < -0.4 is 5.73 Å². The molecule has 0 aromatic carbocycles. The van der Waals surface area contributed by atoms with Crippen LogP contribution in [0, 0.1) is 0 Å². The van der Waals surface area contributed by atoms with E-state index in [0.717, 1.165) is 0 Å². The molecule has 1 rings (SSSR count). The van der Waals surface area contributed by atoms with Crippen LogP contribution in [0.1, 0.15) is 20.3 Å². The van der Waals surface area contributed by atoms with Crippen molar-refractivity contribution in [1.82, 2.24) is 4.90 Å². The first kappa shape index (κ1) is 14.9. The number of morpholine rings is 1. The van der Waals surface area contributed by atoms with Gasteiger partial charge in [0.05, 0.1) is 30.8 Å². The summed E-state index contributed by atoms with van der Waals surface area (Å²) in [5.41, 5.74) is 4.97. The Morgan fingerprint density at radius 3 is 2.67 bits per heavy atom. The number of amides is 1. The van der Waals surface area contributed by atoms with Crippen LogP contribution in [-0.4, -0.2) is 64.4 Å². The van der Waals surface area contributed by atoms with E-state index in [1.54, 1.807) is 13.8 Å². The molecule has 1 fully saturated rings. The van der Waals surface area contributed by atoms with Gasteiger partial charge in [0.1, 0.15) is 0 Å². The molecule has 2 unspecified atom stereocenters. The third kappa shape index (κ3) is 3.94. The van der Waals surface area contributed by atoms with Crippen molar-refractivity contribution in [3.05, 3.63) is 0 Å². The number of hydrogen-bond acceptors (Lipinski definition) is 5. The molecule has 1 aliphatic heterocycles. The summed E-state index contributed by atoms with van der Waals surface area (Å²) in [7, 11) is 0. The van der Waals surface area contributed by atoms with Gasteiger partial charge < -0.3 is 25.6 Å². The zero-order chi connectivity index (χ0) is 13.9. The highest BCUT2D eigenvalue weighted by Gasteiger charge is 2.37. The third-order valence-electron chi connectivity index (χ3n) is 2.71. The number of aliphatic hydroxyl groups is 1. The Kier molecular flexibility index (Phi) is 4.66. The largest absolute Gasteiger partial charge is 0.481 e. The molecular weight excluding hydrogens is 240 g/mol. The van der Waals surface area contributed by atoms with E-state index in [1.165, 1.54) is 4.90 Å². The predicted molar refractivity (Wildman–Crippen MR) is 62.8 cm³/mol. The van der Waals surface area contributed by atoms with Crippen LogP contribution in [0.25, 0.3) is 0 Å². The first-order chi connectivity index (χ1) is 8.25. The number of aliphatic carboxylic acids is 1. The smallest absolute Gasteiger partial charge is 0.305 e. The lowest BCUT2D eigenvalue weighted by molar-refractivity contribution is -0.168. The quantitative estimate of drug-likeness (QED) is 0.584. The van der Waals surface area contributed by atoms with E-state index in [1.807, 2.05) is 0 Å². The molecule has 0 aromatic rings. The second-order valence-electron chi connectivity index (χ2n) is 5.11. The van der Waals surface area contributed by atoms with Crippen LogP contribution in [0.5, 0.6) is 0 Å². The Morgan fingerprint density at radius 2 is 2.17 bits per heavy atom. The van der Waals surface area contributed by atoms with Crippen LogP contribution in [0.4, 0.5) is 0 Å². The minimum atomic E-state index is -1.11. The lowest BCUT2D eigenvalue weighted by Gasteiger charge is -2.42. The van der Waals surface area contributed by atoms with E-state index in [0.29, 0.717) is 6.54 Å². The van der Waals surface area contributed by atoms with Crippen molar-refractivity contribution < 1.29 is 24.5 Å². The number of ether oxygens (including phenoxy) is 1. The molecule has 1 amide bonds. The number of carbonyl (C=O) groups is 2. The normalized spacial score (nSPS) is 24.7. The van der Waals surface area contributed by atoms with Crippen molar-refractivity contribution in [1.29, 1.82) is 0 Å². The van der Waals surface area contributed by atoms with Gasteiger partial charge in [-0.1, -0.05) is 0 Å². The molecule has 1 saturated heterocycles. The molecule has 7 nitrogen and oxygen atoms in total. The van der Waals surface area contributed by atoms with Crippen molar-refractivity contribution in [2.45, 2.75) is 38.0 Å². The molecule has 104 valence electrons. The molecule has 0 spiro atoms. The number of nitrogens with two attached hydrogens (primary N) is 1. The molecule has 1 aliphatic rings. The molecule has 0 radical (unpaired) electrons. The maximum atomic E-state index is 12.0. The van der Waals surface area contributed by atoms with Crippen LogP contribution in [0.15, 0.2) is 0 Å². The molecule has 0 saturated carbocycles. The van der Waals surface area contributed by atoms with Crippen molar-refractivity contribution in [2.75, 3.05) is 19.7 Å². The third-order valence-corrected chi connectivity index (χ3v) is 2.71. The Morgan fingerprint density at radius 1 is 1.56 bits per heavy atom. The fourth-order valence-electron chi connectivity index (χ4n) is 2.07. The SMILES string of the molecule is CC1(C)CN(C(=O)C(N)CC(=O)O)CC(CO)O1. The zero-order valence-electron chi connectivity index (χ0n) is 10.6. The van der Waals surface area contributed by atoms with Gasteiger partial charge in [-0.25, -0.2) is 0 Å². The fraction of sp³-hybridized carbons (Fsp3) is 0.818. The molecule has 0 bridgehead atoms. The molecule has 4 N–H and O–H groups in total. The number of rotatable bonds is 4. The Hall–Kier alpha value is -1.18. The summed E-state index contributed by atoms with van der Waals surface area (Å²) in [6, 6.07) is -1.06. The standard InChI is InChI=1S/C11H20N2O5/c1-11(2)6-13(4-7(5-14)18-11)10(17)8(12)3-9(15)16/h7-8,14H,3-6,12H2,1-2H3,(H,15,16). The van der Waals surface area contributed by atoms with Crippen LogP contribution in [0.2, 0.25) is 0 Å². The summed E-state index contributed by atoms with van der Waals surface area (Å²) in [4.78, 5) is 24.0. The summed E-state index contributed by atoms with van der Waals surface area (Å²) in [5, 5.41) is 17.7. The van der Waals surface area contributed by atoms with E-state index >= 15 is 0 Å². The second kappa shape index (κ2) is 5.64. The Bertz CT molecular complexity index is 331. The maximum Gasteiger partial charge on any atom is 0.305 e. The van der Waals surface area contributed by atoms with Gasteiger partial charge in [-0.15, -0.1) is 0 Å². The van der Waals surface area contributed by atoms with Gasteiger partial charge in [0, 0.05) is 13.1 Å². The van der Waals surface area contributed by atoms with Crippen molar-refractivity contribution >= 4 is 11.9 Å². The summed E-state index contributed by atoms with van der Waals surface area (Å²) in [6.07, 6.45) is -0.866. The predicted octanol–water partition coefficient (Wildman–Crippen LogP) is -1.21. The lowest BCUT2D eigenvalue weighted by atomic mass is 10.0. The van der Waals surface area contributed by atoms with Crippen LogP contribution in [0.3, 0.4) is 0 Å². The van der Waals surface area contributed by atoms with Crippen LogP contribution in [-0.2, 0) is 14.3 Å². The van der Waals surface area contributed by atoms with Gasteiger partial charge in [0.15, 0.2) is 0 Å². The molecule has 0 aliphatic carbocycles. The topological polar surface area (TPSA) is 113 Å². The van der Waals surface area contributed by atoms with Gasteiger partial charge in [0.2, 0.25) is 5.91 Å². The first-order valence-electron chi connectivity index (χ1n) is 5.80. The molecule has 7 heteroatoms. The first-order valence-corrected chi connectivity index (χ1v) is 5.80. The van der Waals surface area contributed by atoms with Crippen molar-refractivity contribution in [3.8, 4) is 0 Å². The van der Waals surface area contributed by atoms with Gasteiger partial charge in [-0.2, -0.15) is 0 Å². The molecular formula is C11H20N2O5. The summed E-state index contributed by atoms with van der Waals surface area (Å²) < 4.78 is 5.56. The maximum absolute atomic E-state index is 12.0. The second-order valence-corrected chi connectivity index (χ2v) is 5.11. The van der Waals surface area contributed by atoms with E-state index in [-0.39, 0.29) is 13.2 Å². The summed E-state index contributed by atoms with van der Waals surface area (Å²) in [6.45, 7) is 3.97. The minimum Gasteiger partial charge on any atom is -0.481 e. The molecule has 2 atom stereocenters. The number of carboxylic acid groups (broad SMARTS) is 1. The monoisotopic (exact) mass is 260 g/mol. The molecule has 18 heavy (non-hydrogen) atoms. The Labute approximate surface area is 106 Å². The van der Waals surface area contributed by atoms with Crippen LogP contribution >= 0.6 is 0 Å². The highest BCUT2D eigenvalue weighted by Crippen LogP contribution is 2.21. The minimum absolute atomic E-state index is 0.193. The van der Waals surface area contributed by atoms with Gasteiger partial charge in [-0.05, 0) is 13.8 Å². The van der Waals surface area contributed by atoms with Crippen molar-refractivity contribution in [3.63, 3.8) is 0 Å². The van der Waals surface area contributed by atoms with E-state index in [4.69, 9.17) is 20.7 Å². The lowest BCUT2D eigenvalue weighted by Crippen LogP contribution is -2.58. The summed E-state index contributed by atoms with van der Waals surface area (Å²) in [5.74, 6) is -1.53. The molecule has 0 aromatic heterocycles. The van der Waals surface area contributed by atoms with E-state index < -0.39 is 36.0 Å². The highest BCUT2D eigenvalue weighted by molar-refractivity contribution is 5.86. The number of hydrogen-bond donors (Lipinski definition) is 3. The number of carboxylic acids is 1. The van der Waals surface area contributed by atoms with Crippen molar-refractivity contribution in [2.24, 2.45) is 5.73 Å². The number of carbonyl (C=O) groups excluding carboxylic acids is 1. The van der Waals surface area contributed by atoms with Gasteiger partial charge >= 0.3 is 5.97 Å². The Balaban J connectivity index is 2.69. The average molecular weight is 260 g/mol.